The molecule has 8 nitrogen and oxygen atoms in total. The van der Waals surface area contributed by atoms with E-state index in [4.69, 9.17) is 20.4 Å². The van der Waals surface area contributed by atoms with Crippen molar-refractivity contribution >= 4 is 51.2 Å². The molecule has 1 N–H and O–H groups in total. The van der Waals surface area contributed by atoms with E-state index in [1.807, 2.05) is 36.4 Å². The Balaban J connectivity index is 1.32. The van der Waals surface area contributed by atoms with E-state index in [0.29, 0.717) is 22.7 Å². The van der Waals surface area contributed by atoms with Gasteiger partial charge in [0.05, 0.1) is 11.1 Å². The van der Waals surface area contributed by atoms with Crippen molar-refractivity contribution in [3.8, 4) is 11.3 Å². The molecule has 0 fully saturated rings. The maximum atomic E-state index is 12.5. The van der Waals surface area contributed by atoms with Crippen LogP contribution in [0, 0.1) is 10.1 Å². The molecule has 162 valence electrons. The van der Waals surface area contributed by atoms with Crippen LogP contribution in [0.25, 0.3) is 33.1 Å². The van der Waals surface area contributed by atoms with Crippen LogP contribution in [0.15, 0.2) is 86.7 Å². The quantitative estimate of drug-likeness (QED) is 0.192. The predicted molar refractivity (Wildman–Crippen MR) is 125 cm³/mol. The van der Waals surface area contributed by atoms with Gasteiger partial charge in [-0.15, -0.1) is 0 Å². The van der Waals surface area contributed by atoms with E-state index in [1.165, 1.54) is 18.3 Å². The molecule has 2 aromatic heterocycles. The molecule has 0 atom stereocenters. The minimum absolute atomic E-state index is 0.0402. The molecule has 1 amide bonds. The molecule has 0 saturated heterocycles. The Morgan fingerprint density at radius 2 is 1.85 bits per heavy atom. The van der Waals surface area contributed by atoms with Crippen LogP contribution in [0.3, 0.4) is 0 Å². The zero-order valence-electron chi connectivity index (χ0n) is 16.8. The Labute approximate surface area is 191 Å². The first-order chi connectivity index (χ1) is 16.0. The Morgan fingerprint density at radius 1 is 1.00 bits per heavy atom. The van der Waals surface area contributed by atoms with Gasteiger partial charge in [-0.2, -0.15) is 5.10 Å². The second-order valence-electron chi connectivity index (χ2n) is 7.13. The van der Waals surface area contributed by atoms with Crippen LogP contribution < -0.4 is 5.43 Å². The minimum Gasteiger partial charge on any atom is -0.455 e. The van der Waals surface area contributed by atoms with E-state index in [9.17, 15) is 14.9 Å². The van der Waals surface area contributed by atoms with Crippen LogP contribution in [-0.2, 0) is 0 Å². The monoisotopic (exact) mass is 459 g/mol. The first kappa shape index (κ1) is 20.5. The molecule has 0 unspecified atom stereocenters. The lowest BCUT2D eigenvalue weighted by Crippen LogP contribution is -2.16. The lowest BCUT2D eigenvalue weighted by molar-refractivity contribution is -0.384. The van der Waals surface area contributed by atoms with Gasteiger partial charge in [-0.1, -0.05) is 41.9 Å². The molecule has 2 heterocycles. The zero-order chi connectivity index (χ0) is 22.9. The molecule has 33 heavy (non-hydrogen) atoms. The van der Waals surface area contributed by atoms with Gasteiger partial charge in [0, 0.05) is 17.0 Å². The fraction of sp³-hybridized carbons (Fsp3) is 0. The third-order valence-corrected chi connectivity index (χ3v) is 5.38. The lowest BCUT2D eigenvalue weighted by Gasteiger charge is -1.99. The van der Waals surface area contributed by atoms with Crippen LogP contribution in [0.4, 0.5) is 5.69 Å². The highest BCUT2D eigenvalue weighted by atomic mass is 35.5. The first-order valence-corrected chi connectivity index (χ1v) is 10.2. The maximum Gasteiger partial charge on any atom is 0.307 e. The summed E-state index contributed by atoms with van der Waals surface area (Å²) in [5, 5.41) is 17.9. The molecule has 0 aliphatic carbocycles. The van der Waals surface area contributed by atoms with E-state index < -0.39 is 10.8 Å². The van der Waals surface area contributed by atoms with Crippen molar-refractivity contribution in [1.29, 1.82) is 0 Å². The number of furan rings is 2. The summed E-state index contributed by atoms with van der Waals surface area (Å²) in [6.45, 7) is 0. The fourth-order valence-corrected chi connectivity index (χ4v) is 3.68. The molecule has 3 aromatic carbocycles. The second-order valence-corrected chi connectivity index (χ2v) is 7.54. The average Bonchev–Trinajstić information content (AvgIpc) is 3.46. The van der Waals surface area contributed by atoms with Gasteiger partial charge >= 0.3 is 5.91 Å². The van der Waals surface area contributed by atoms with Gasteiger partial charge in [-0.3, -0.25) is 14.9 Å². The Morgan fingerprint density at radius 3 is 2.70 bits per heavy atom. The third-order valence-electron chi connectivity index (χ3n) is 5.06. The fourth-order valence-electron chi connectivity index (χ4n) is 3.50. The molecular formula is C24H14ClN3O5. The molecule has 0 spiro atoms. The number of nitro benzene ring substituents is 1. The number of nitrogens with zero attached hydrogens (tertiary/aromatic N) is 2. The van der Waals surface area contributed by atoms with Gasteiger partial charge in [-0.05, 0) is 47.2 Å². The normalized spacial score (nSPS) is 11.4. The van der Waals surface area contributed by atoms with Crippen molar-refractivity contribution in [3.05, 3.63) is 99.5 Å². The summed E-state index contributed by atoms with van der Waals surface area (Å²) < 4.78 is 11.3. The maximum absolute atomic E-state index is 12.5. The van der Waals surface area contributed by atoms with Gasteiger partial charge in [0.1, 0.15) is 22.1 Å². The summed E-state index contributed by atoms with van der Waals surface area (Å²) in [6.07, 6.45) is 1.32. The molecule has 0 bridgehead atoms. The molecular weight excluding hydrogens is 446 g/mol. The Bertz CT molecular complexity index is 1570. The van der Waals surface area contributed by atoms with Crippen molar-refractivity contribution in [3.63, 3.8) is 0 Å². The van der Waals surface area contributed by atoms with E-state index in [-0.39, 0.29) is 16.5 Å². The SMILES string of the molecule is O=C(NN=Cc1ccc(-c2ccc(Cl)c([N+](=O)[O-])c2)o1)c1cc2c(ccc3ccccc32)o1. The highest BCUT2D eigenvalue weighted by Crippen LogP contribution is 2.31. The molecule has 0 aliphatic rings. The highest BCUT2D eigenvalue weighted by Gasteiger charge is 2.16. The van der Waals surface area contributed by atoms with Crippen LogP contribution in [0.2, 0.25) is 5.02 Å². The van der Waals surface area contributed by atoms with Gasteiger partial charge in [0.15, 0.2) is 5.76 Å². The topological polar surface area (TPSA) is 111 Å². The molecule has 9 heteroatoms. The number of nitrogens with one attached hydrogen (secondary N) is 1. The van der Waals surface area contributed by atoms with E-state index in [0.717, 1.165) is 16.2 Å². The smallest absolute Gasteiger partial charge is 0.307 e. The number of rotatable bonds is 5. The van der Waals surface area contributed by atoms with E-state index >= 15 is 0 Å². The number of hydrazone groups is 1. The number of halogens is 1. The number of carbonyl (C=O) groups excluding carboxylic acids is 1. The van der Waals surface area contributed by atoms with Gasteiger partial charge in [0.25, 0.3) is 5.69 Å². The number of hydrogen-bond acceptors (Lipinski definition) is 6. The van der Waals surface area contributed by atoms with Gasteiger partial charge < -0.3 is 8.83 Å². The van der Waals surface area contributed by atoms with E-state index in [1.54, 1.807) is 24.3 Å². The Hall–Kier alpha value is -4.43. The number of fused-ring (bicyclic) bond motifs is 3. The molecule has 0 radical (unpaired) electrons. The number of hydrogen-bond donors (Lipinski definition) is 1. The van der Waals surface area contributed by atoms with Crippen molar-refractivity contribution < 1.29 is 18.6 Å². The Kier molecular flexibility index (Phi) is 5.12. The minimum atomic E-state index is -0.562. The molecule has 0 saturated carbocycles. The predicted octanol–water partition coefficient (Wildman–Crippen LogP) is 6.17. The number of amides is 1. The summed E-state index contributed by atoms with van der Waals surface area (Å²) in [7, 11) is 0. The van der Waals surface area contributed by atoms with E-state index in [2.05, 4.69) is 10.5 Å². The number of nitro groups is 1. The number of carbonyl (C=O) groups is 1. The largest absolute Gasteiger partial charge is 0.455 e. The van der Waals surface area contributed by atoms with Crippen LogP contribution in [0.1, 0.15) is 16.3 Å². The van der Waals surface area contributed by atoms with Gasteiger partial charge in [-0.25, -0.2) is 5.43 Å². The summed E-state index contributed by atoms with van der Waals surface area (Å²) in [5.41, 5.74) is 3.29. The summed E-state index contributed by atoms with van der Waals surface area (Å²) >= 11 is 5.85. The van der Waals surface area contributed by atoms with Crippen LogP contribution >= 0.6 is 11.6 Å². The second kappa shape index (κ2) is 8.25. The third kappa shape index (κ3) is 3.95. The summed E-state index contributed by atoms with van der Waals surface area (Å²) in [4.78, 5) is 23.0. The molecule has 5 aromatic rings. The molecule has 5 rings (SSSR count). The zero-order valence-corrected chi connectivity index (χ0v) is 17.6. The summed E-state index contributed by atoms with van der Waals surface area (Å²) in [6, 6.07) is 20.9. The van der Waals surface area contributed by atoms with Crippen LogP contribution in [-0.4, -0.2) is 17.0 Å². The van der Waals surface area contributed by atoms with Crippen molar-refractivity contribution in [2.24, 2.45) is 5.10 Å². The van der Waals surface area contributed by atoms with Gasteiger partial charge in [0.2, 0.25) is 0 Å². The number of benzene rings is 3. The standard InChI is InChI=1S/C24H14ClN3O5/c25-19-8-5-15(11-20(19)28(30)31)21-10-7-16(32-21)13-26-27-24(29)23-12-18-17-4-2-1-3-14(17)6-9-22(18)33-23/h1-13H,(H,27,29). The lowest BCUT2D eigenvalue weighted by atomic mass is 10.1. The van der Waals surface area contributed by atoms with Crippen molar-refractivity contribution in [2.45, 2.75) is 0 Å². The van der Waals surface area contributed by atoms with Crippen molar-refractivity contribution in [2.75, 3.05) is 0 Å². The molecule has 0 aliphatic heterocycles. The average molecular weight is 460 g/mol. The van der Waals surface area contributed by atoms with Crippen LogP contribution in [0.5, 0.6) is 0 Å². The summed E-state index contributed by atoms with van der Waals surface area (Å²) in [5.74, 6) is 0.365. The van der Waals surface area contributed by atoms with Crippen molar-refractivity contribution in [1.82, 2.24) is 5.43 Å². The highest BCUT2D eigenvalue weighted by molar-refractivity contribution is 6.32. The first-order valence-electron chi connectivity index (χ1n) is 9.78.